The molecular weight excluding hydrogens is 616 g/mol. The molecule has 11 nitrogen and oxygen atoms in total. The Labute approximate surface area is 287 Å². The summed E-state index contributed by atoms with van der Waals surface area (Å²) in [5.74, 6) is -0.899. The normalized spacial score (nSPS) is 34.2. The lowest BCUT2D eigenvalue weighted by Crippen LogP contribution is -2.45. The number of hydrogen-bond donors (Lipinski definition) is 4. The van der Waals surface area contributed by atoms with Crippen LogP contribution in [0.25, 0.3) is 0 Å². The molecule has 0 bridgehead atoms. The summed E-state index contributed by atoms with van der Waals surface area (Å²) < 4.78 is 23.0. The minimum absolute atomic E-state index is 0.0455. The summed E-state index contributed by atoms with van der Waals surface area (Å²) in [5.41, 5.74) is -0.724. The van der Waals surface area contributed by atoms with Gasteiger partial charge in [0.2, 0.25) is 0 Å². The van der Waals surface area contributed by atoms with Gasteiger partial charge < -0.3 is 44.5 Å². The fraction of sp³-hybridized carbons (Fsp3) is 0.784. The van der Waals surface area contributed by atoms with Crippen LogP contribution in [0.15, 0.2) is 36.0 Å². The Hall–Kier alpha value is -2.28. The summed E-state index contributed by atoms with van der Waals surface area (Å²) in [6.45, 7) is 14.6. The lowest BCUT2D eigenvalue weighted by molar-refractivity contribution is -0.151. The highest BCUT2D eigenvalue weighted by Gasteiger charge is 2.50. The average molecular weight is 679 g/mol. The number of nitrogens with zero attached hydrogens (tertiary/aromatic N) is 1. The number of amides is 1. The van der Waals surface area contributed by atoms with Crippen LogP contribution in [-0.4, -0.2) is 114 Å². The Morgan fingerprint density at radius 3 is 2.58 bits per heavy atom. The van der Waals surface area contributed by atoms with Crippen LogP contribution in [0.5, 0.6) is 0 Å². The second-order valence-corrected chi connectivity index (χ2v) is 14.3. The van der Waals surface area contributed by atoms with Crippen molar-refractivity contribution < 1.29 is 43.9 Å². The minimum Gasteiger partial charge on any atom is -0.457 e. The van der Waals surface area contributed by atoms with Crippen LogP contribution in [0.2, 0.25) is 0 Å². The van der Waals surface area contributed by atoms with E-state index in [1.807, 2.05) is 39.0 Å². The summed E-state index contributed by atoms with van der Waals surface area (Å²) >= 11 is 0. The van der Waals surface area contributed by atoms with Crippen molar-refractivity contribution in [2.75, 3.05) is 33.3 Å². The first-order valence-electron chi connectivity index (χ1n) is 17.9. The zero-order chi connectivity index (χ0) is 35.4. The number of allylic oxidation sites excluding steroid dienone is 2. The van der Waals surface area contributed by atoms with E-state index < -0.39 is 42.1 Å². The number of likely N-dealkylation sites (tertiary alicyclic amines) is 1. The molecule has 0 radical (unpaired) electrons. The molecular formula is C37H62N2O9. The lowest BCUT2D eigenvalue weighted by atomic mass is 9.88. The molecule has 2 fully saturated rings. The van der Waals surface area contributed by atoms with Gasteiger partial charge in [0.05, 0.1) is 30.8 Å². The van der Waals surface area contributed by atoms with Crippen molar-refractivity contribution in [3.05, 3.63) is 36.0 Å². The number of ether oxygens (including phenoxy) is 4. The summed E-state index contributed by atoms with van der Waals surface area (Å²) in [6.07, 6.45) is 9.28. The molecule has 3 aliphatic heterocycles. The number of hydrogen-bond acceptors (Lipinski definition) is 10. The van der Waals surface area contributed by atoms with E-state index in [9.17, 15) is 24.9 Å². The van der Waals surface area contributed by atoms with Crippen LogP contribution in [0.3, 0.4) is 0 Å². The van der Waals surface area contributed by atoms with Gasteiger partial charge in [-0.3, -0.25) is 4.79 Å². The van der Waals surface area contributed by atoms with Crippen LogP contribution < -0.4 is 5.32 Å². The van der Waals surface area contributed by atoms with E-state index in [-0.39, 0.29) is 55.3 Å². The van der Waals surface area contributed by atoms with Gasteiger partial charge in [0.1, 0.15) is 17.8 Å². The molecule has 0 aliphatic carbocycles. The average Bonchev–Trinajstić information content (AvgIpc) is 3.85. The van der Waals surface area contributed by atoms with Gasteiger partial charge in [0, 0.05) is 38.0 Å². The standard InChI is InChI=1S/C37H62N2O9/c1-8-29(45-7)27(5)34-35(48-34)32(42)24(2)13-12-14-25(3)33-26(4)15-16-30(37(6,44)18-17-28(40)23-31(41)47-33)46-36(43)38-19-22-39-20-10-9-11-21-39/h12-16,24,26-30,32-35,40,42,44H,8-11,17-23H2,1-7H3,(H,38,43)/b13-12+,16-15+,25-14+. The number of aliphatic hydroxyl groups excluding tert-OH is 2. The molecule has 3 aliphatic rings. The molecule has 0 aromatic carbocycles. The Morgan fingerprint density at radius 1 is 1.21 bits per heavy atom. The molecule has 0 aromatic heterocycles. The summed E-state index contributed by atoms with van der Waals surface area (Å²) in [6, 6.07) is 0. The van der Waals surface area contributed by atoms with Gasteiger partial charge in [0.25, 0.3) is 0 Å². The smallest absolute Gasteiger partial charge is 0.407 e. The SMILES string of the molecule is CCC(OC)C(C)C1OC1C(O)C(C)/C=C/C=C(\C)C1OC(=O)CC(O)CCC(C)(O)C(OC(=O)NCCN2CCCCC2)/C=C/C1C. The van der Waals surface area contributed by atoms with Crippen molar-refractivity contribution in [1.82, 2.24) is 10.2 Å². The number of carbonyl (C=O) groups excluding carboxylic acids is 2. The predicted octanol–water partition coefficient (Wildman–Crippen LogP) is 4.30. The van der Waals surface area contributed by atoms with Gasteiger partial charge in [-0.2, -0.15) is 0 Å². The minimum atomic E-state index is -1.48. The summed E-state index contributed by atoms with van der Waals surface area (Å²) in [7, 11) is 1.70. The monoisotopic (exact) mass is 678 g/mol. The molecule has 11 atom stereocenters. The number of epoxide rings is 1. The molecule has 48 heavy (non-hydrogen) atoms. The van der Waals surface area contributed by atoms with E-state index in [2.05, 4.69) is 24.1 Å². The molecule has 11 unspecified atom stereocenters. The Bertz CT molecular complexity index is 1100. The molecule has 4 N–H and O–H groups in total. The van der Waals surface area contributed by atoms with Crippen LogP contribution in [0.1, 0.15) is 86.5 Å². The van der Waals surface area contributed by atoms with Crippen molar-refractivity contribution >= 4 is 12.1 Å². The molecule has 11 heteroatoms. The van der Waals surface area contributed by atoms with Crippen LogP contribution in [0.4, 0.5) is 4.79 Å². The number of nitrogens with one attached hydrogen (secondary N) is 1. The lowest BCUT2D eigenvalue weighted by Gasteiger charge is -2.33. The predicted molar refractivity (Wildman–Crippen MR) is 184 cm³/mol. The van der Waals surface area contributed by atoms with E-state index in [4.69, 9.17) is 18.9 Å². The quantitative estimate of drug-likeness (QED) is 0.0962. The highest BCUT2D eigenvalue weighted by molar-refractivity contribution is 5.70. The number of esters is 1. The second kappa shape index (κ2) is 19.2. The van der Waals surface area contributed by atoms with Crippen molar-refractivity contribution in [3.8, 4) is 0 Å². The molecule has 0 aromatic rings. The number of methoxy groups -OCH3 is 1. The third-order valence-corrected chi connectivity index (χ3v) is 10.2. The van der Waals surface area contributed by atoms with E-state index in [0.717, 1.165) is 31.6 Å². The molecule has 0 saturated carbocycles. The van der Waals surface area contributed by atoms with E-state index >= 15 is 0 Å². The Morgan fingerprint density at radius 2 is 1.92 bits per heavy atom. The molecule has 274 valence electrons. The van der Waals surface area contributed by atoms with Crippen molar-refractivity contribution in [2.45, 2.75) is 135 Å². The first-order valence-corrected chi connectivity index (χ1v) is 17.9. The Kier molecular flexibility index (Phi) is 16.1. The molecule has 3 rings (SSSR count). The third-order valence-electron chi connectivity index (χ3n) is 10.2. The summed E-state index contributed by atoms with van der Waals surface area (Å²) in [4.78, 5) is 27.9. The molecule has 0 spiro atoms. The van der Waals surface area contributed by atoms with E-state index in [1.54, 1.807) is 26.2 Å². The number of carbonyl (C=O) groups is 2. The number of alkyl carbamates (subject to hydrolysis) is 1. The van der Waals surface area contributed by atoms with Crippen LogP contribution in [-0.2, 0) is 23.7 Å². The number of aliphatic hydroxyl groups is 3. The Balaban J connectivity index is 1.67. The maximum atomic E-state index is 12.8. The highest BCUT2D eigenvalue weighted by Crippen LogP contribution is 2.37. The van der Waals surface area contributed by atoms with Gasteiger partial charge in [-0.1, -0.05) is 58.4 Å². The van der Waals surface area contributed by atoms with Gasteiger partial charge in [0.15, 0.2) is 6.10 Å². The molecule has 1 amide bonds. The van der Waals surface area contributed by atoms with Crippen molar-refractivity contribution in [3.63, 3.8) is 0 Å². The molecule has 2 saturated heterocycles. The van der Waals surface area contributed by atoms with Gasteiger partial charge in [-0.25, -0.2) is 4.79 Å². The van der Waals surface area contributed by atoms with Gasteiger partial charge >= 0.3 is 12.1 Å². The fourth-order valence-corrected chi connectivity index (χ4v) is 6.80. The maximum Gasteiger partial charge on any atom is 0.407 e. The first-order chi connectivity index (χ1) is 22.8. The zero-order valence-electron chi connectivity index (χ0n) is 30.2. The topological polar surface area (TPSA) is 150 Å². The van der Waals surface area contributed by atoms with Crippen LogP contribution in [0, 0.1) is 17.8 Å². The van der Waals surface area contributed by atoms with Crippen LogP contribution >= 0.6 is 0 Å². The highest BCUT2D eigenvalue weighted by atomic mass is 16.6. The van der Waals surface area contributed by atoms with Gasteiger partial charge in [-0.15, -0.1) is 0 Å². The van der Waals surface area contributed by atoms with Crippen molar-refractivity contribution in [1.29, 1.82) is 0 Å². The largest absolute Gasteiger partial charge is 0.457 e. The maximum absolute atomic E-state index is 12.8. The third kappa shape index (κ3) is 12.2. The second-order valence-electron chi connectivity index (χ2n) is 14.3. The number of cyclic esters (lactones) is 1. The van der Waals surface area contributed by atoms with Gasteiger partial charge in [-0.05, 0) is 70.7 Å². The first kappa shape index (κ1) is 40.2. The summed E-state index contributed by atoms with van der Waals surface area (Å²) in [5, 5.41) is 35.7. The fourth-order valence-electron chi connectivity index (χ4n) is 6.80. The van der Waals surface area contributed by atoms with E-state index in [1.165, 1.54) is 19.3 Å². The zero-order valence-corrected chi connectivity index (χ0v) is 30.2. The number of piperidine rings is 1. The van der Waals surface area contributed by atoms with Crippen molar-refractivity contribution in [2.24, 2.45) is 17.8 Å². The number of rotatable bonds is 13. The molecule has 3 heterocycles. The van der Waals surface area contributed by atoms with E-state index in [0.29, 0.717) is 6.54 Å².